The summed E-state index contributed by atoms with van der Waals surface area (Å²) in [6, 6.07) is 40.4. The van der Waals surface area contributed by atoms with Crippen molar-refractivity contribution in [2.75, 3.05) is 18.8 Å². The number of tetrazole rings is 2. The van der Waals surface area contributed by atoms with E-state index in [0.717, 1.165) is 94.4 Å². The van der Waals surface area contributed by atoms with Crippen LogP contribution in [0.4, 0.5) is 35.1 Å². The van der Waals surface area contributed by atoms with Gasteiger partial charge in [0.15, 0.2) is 11.2 Å². The average Bonchev–Trinajstić information content (AvgIpc) is 0.899. The predicted molar refractivity (Wildman–Crippen MR) is 326 cm³/mol. The van der Waals surface area contributed by atoms with Crippen molar-refractivity contribution in [3.05, 3.63) is 273 Å². The summed E-state index contributed by atoms with van der Waals surface area (Å²) in [5.74, 6) is -0.392. The van der Waals surface area contributed by atoms with E-state index < -0.39 is 102 Å². The largest absolute Gasteiger partial charge is 0.489 e. The molecular weight excluding hydrogens is 1310 g/mol. The van der Waals surface area contributed by atoms with Gasteiger partial charge in [0.05, 0.1) is 42.6 Å². The number of aliphatic hydroxyl groups is 2. The van der Waals surface area contributed by atoms with Crippen molar-refractivity contribution in [3.63, 3.8) is 0 Å². The number of hydrogen-bond acceptors (Lipinski definition) is 18. The number of aromatic nitrogens is 10. The molecule has 0 fully saturated rings. The van der Waals surface area contributed by atoms with Gasteiger partial charge in [-0.25, -0.2) is 35.3 Å². The molecule has 4 aromatic heterocycles. The Bertz CT molecular complexity index is 4410. The van der Waals surface area contributed by atoms with Gasteiger partial charge in [-0.1, -0.05) is 47.9 Å². The van der Waals surface area contributed by atoms with Gasteiger partial charge in [-0.05, 0) is 153 Å². The molecule has 0 amide bonds. The highest BCUT2D eigenvalue weighted by molar-refractivity contribution is 7.89. The van der Waals surface area contributed by atoms with Gasteiger partial charge in [0, 0.05) is 70.4 Å². The Labute approximate surface area is 543 Å². The molecule has 4 heterocycles. The molecule has 0 aliphatic rings. The smallest absolute Gasteiger partial charge is 0.323 e. The molecule has 0 radical (unpaired) electrons. The molecule has 3 N–H and O–H groups in total. The minimum absolute atomic E-state index is 0.303. The lowest BCUT2D eigenvalue weighted by molar-refractivity contribution is -0.207. The summed E-state index contributed by atoms with van der Waals surface area (Å²) in [4.78, 5) is 7.60. The van der Waals surface area contributed by atoms with Crippen molar-refractivity contribution < 1.29 is 76.2 Å². The topological polar surface area (TPSA) is 308 Å². The summed E-state index contributed by atoms with van der Waals surface area (Å²) in [5.41, 5.74) is -5.13. The number of nitriles is 2. The van der Waals surface area contributed by atoms with Crippen molar-refractivity contribution in [3.8, 4) is 47.3 Å². The number of nitrogens with zero attached hydrogens (tertiary/aromatic N) is 12. The van der Waals surface area contributed by atoms with Crippen LogP contribution in [0.25, 0.3) is 0 Å². The second-order valence-corrected chi connectivity index (χ2v) is 24.4. The second kappa shape index (κ2) is 31.5. The monoisotopic (exact) mass is 1360 g/mol. The number of pyridine rings is 2. The lowest BCUT2D eigenvalue weighted by Gasteiger charge is -2.35. The maximum atomic E-state index is 15.9. The van der Waals surface area contributed by atoms with Gasteiger partial charge >= 0.3 is 11.8 Å². The molecule has 21 nitrogen and oxygen atoms in total. The quantitative estimate of drug-likeness (QED) is 0.0462. The Hall–Kier alpha value is -11.3. The van der Waals surface area contributed by atoms with Gasteiger partial charge in [0.2, 0.25) is 0 Å². The third-order valence-corrected chi connectivity index (χ3v) is 12.9. The summed E-state index contributed by atoms with van der Waals surface area (Å²) in [6.45, 7) is -1.27. The number of benzene rings is 6. The summed E-state index contributed by atoms with van der Waals surface area (Å²) < 4.78 is 178. The Morgan fingerprint density at radius 2 is 0.792 bits per heavy atom. The van der Waals surface area contributed by atoms with Crippen LogP contribution >= 0.6 is 0 Å². The predicted octanol–water partition coefficient (Wildman–Crippen LogP) is 8.92. The first-order chi connectivity index (χ1) is 45.3. The first-order valence-electron chi connectivity index (χ1n) is 27.4. The van der Waals surface area contributed by atoms with Crippen molar-refractivity contribution in [1.29, 1.82) is 10.5 Å². The molecule has 0 saturated heterocycles. The van der Waals surface area contributed by atoms with E-state index in [0.29, 0.717) is 76.5 Å². The molecule has 31 heteroatoms. The molecule has 0 unspecified atom stereocenters. The molecule has 0 aliphatic carbocycles. The van der Waals surface area contributed by atoms with Crippen molar-refractivity contribution in [2.45, 2.75) is 49.4 Å². The number of rotatable bonds is 16. The third-order valence-electron chi connectivity index (χ3n) is 12.9. The van der Waals surface area contributed by atoms with Crippen LogP contribution < -0.4 is 9.47 Å². The molecule has 0 saturated carbocycles. The highest BCUT2D eigenvalue weighted by atomic mass is 32.2. The van der Waals surface area contributed by atoms with E-state index in [1.54, 1.807) is 72.8 Å². The van der Waals surface area contributed by atoms with E-state index in [2.05, 4.69) is 76.8 Å². The van der Waals surface area contributed by atoms with Gasteiger partial charge in [-0.2, -0.15) is 36.5 Å². The molecular formula is C65H50F8N12O9S2. The van der Waals surface area contributed by atoms with Crippen molar-refractivity contribution >= 4 is 20.0 Å². The zero-order valence-electron chi connectivity index (χ0n) is 50.1. The van der Waals surface area contributed by atoms with Crippen LogP contribution in [0.5, 0.6) is 11.5 Å². The van der Waals surface area contributed by atoms with E-state index in [-0.39, 0.29) is 0 Å². The van der Waals surface area contributed by atoms with Crippen LogP contribution in [0.3, 0.4) is 0 Å². The van der Waals surface area contributed by atoms with Gasteiger partial charge in [0.1, 0.15) is 81.9 Å². The van der Waals surface area contributed by atoms with E-state index in [4.69, 9.17) is 24.6 Å². The van der Waals surface area contributed by atoms with Gasteiger partial charge in [-0.3, -0.25) is 14.5 Å². The molecule has 0 spiro atoms. The number of ether oxygens (including phenoxy) is 2. The minimum Gasteiger partial charge on any atom is -0.489 e. The molecule has 2 atom stereocenters. The molecule has 492 valence electrons. The first-order valence-corrected chi connectivity index (χ1v) is 31.5. The second-order valence-electron chi connectivity index (χ2n) is 20.6. The summed E-state index contributed by atoms with van der Waals surface area (Å²) in [6.07, 6.45) is 7.19. The van der Waals surface area contributed by atoms with Gasteiger partial charge in [0.25, 0.3) is 10.1 Å². The van der Waals surface area contributed by atoms with Crippen molar-refractivity contribution in [2.24, 2.45) is 0 Å². The van der Waals surface area contributed by atoms with Crippen LogP contribution in [0.15, 0.2) is 183 Å². The fraction of sp³-hybridized carbons (Fsp3) is 0.169. The SMILES string of the molecule is CS(=O)(=O)O.CS(C)(=O)=O.N#Cc1ccc(COc2ccc(C#Cc3ccc(C(F)(F)[C@@](O)(Cn4cnnn4)c4ccc(F)cc4F)nc3)cc2)cc1.N#Cc1ccc(COc2ccc(C#Cc3ccc(C(F)(F)[C@](O)(Cn4cnnn4)c4ccc(F)cc4F)nc3)cc2)cc1. The Kier molecular flexibility index (Phi) is 23.7. The van der Waals surface area contributed by atoms with Gasteiger partial charge in [-0.15, -0.1) is 10.2 Å². The lowest BCUT2D eigenvalue weighted by atomic mass is 9.84. The number of alkyl halides is 4. The maximum Gasteiger partial charge on any atom is 0.323 e. The van der Waals surface area contributed by atoms with Crippen LogP contribution in [0, 0.1) is 69.6 Å². The van der Waals surface area contributed by atoms with E-state index in [1.807, 2.05) is 24.3 Å². The molecule has 10 aromatic rings. The fourth-order valence-corrected chi connectivity index (χ4v) is 8.30. The van der Waals surface area contributed by atoms with Gasteiger partial charge < -0.3 is 19.7 Å². The van der Waals surface area contributed by atoms with E-state index in [1.165, 1.54) is 12.1 Å². The molecule has 96 heavy (non-hydrogen) atoms. The number of hydrogen-bond donors (Lipinski definition) is 3. The molecule has 6 aromatic carbocycles. The highest BCUT2D eigenvalue weighted by Gasteiger charge is 2.59. The first kappa shape index (κ1) is 72.1. The van der Waals surface area contributed by atoms with Crippen LogP contribution in [0.2, 0.25) is 0 Å². The molecule has 0 aliphatic heterocycles. The zero-order chi connectivity index (χ0) is 69.9. The summed E-state index contributed by atoms with van der Waals surface area (Å²) >= 11 is 0. The summed E-state index contributed by atoms with van der Waals surface area (Å²) in [5, 5.41) is 60.7. The minimum atomic E-state index is -4.17. The maximum absolute atomic E-state index is 15.9. The normalized spacial score (nSPS) is 12.4. The van der Waals surface area contributed by atoms with Crippen LogP contribution in [-0.4, -0.2) is 101 Å². The highest BCUT2D eigenvalue weighted by Crippen LogP contribution is 2.48. The van der Waals surface area contributed by atoms with Crippen LogP contribution in [0.1, 0.15) is 67.0 Å². The van der Waals surface area contributed by atoms with E-state index in [9.17, 15) is 44.6 Å². The van der Waals surface area contributed by atoms with E-state index >= 15 is 17.6 Å². The fourth-order valence-electron chi connectivity index (χ4n) is 8.30. The third kappa shape index (κ3) is 20.3. The Morgan fingerprint density at radius 3 is 1.07 bits per heavy atom. The number of halogens is 8. The number of sulfone groups is 1. The zero-order valence-corrected chi connectivity index (χ0v) is 51.8. The molecule has 0 bridgehead atoms. The Morgan fingerprint density at radius 1 is 0.479 bits per heavy atom. The summed E-state index contributed by atoms with van der Waals surface area (Å²) in [7, 11) is -6.33. The standard InChI is InChI=1S/2C31H20F4N6O2.C2H6O2S.CH4O3S/c2*32-25-10-13-27(28(33)15-25)30(42,19-41-20-38-39-40-41)31(34,35)29-14-9-23(17-37-29)4-1-21-7-11-26(12-8-21)43-18-24-5-2-22(16-36)3-6-24;2*1-5(2,3)4/h2*2-3,5-15,17,20,42H,18-19H2;1-2H3;1H3,(H,2,3,4)/t2*30-;;/m10../s1. The Balaban J connectivity index is 0.000000237. The van der Waals surface area contributed by atoms with Crippen LogP contribution in [-0.2, 0) is 69.3 Å². The lowest BCUT2D eigenvalue weighted by Crippen LogP contribution is -2.48. The average molecular weight is 1360 g/mol. The van der Waals surface area contributed by atoms with Crippen molar-refractivity contribution in [1.82, 2.24) is 50.4 Å². The molecule has 10 rings (SSSR count).